The smallest absolute Gasteiger partial charge is 0.252 e. The summed E-state index contributed by atoms with van der Waals surface area (Å²) in [6.07, 6.45) is 1.87. The number of alkyl halides is 1. The van der Waals surface area contributed by atoms with Gasteiger partial charge < -0.3 is 4.90 Å². The minimum atomic E-state index is -3.36. The second-order valence-electron chi connectivity index (χ2n) is 5.08. The Balaban J connectivity index is 2.23. The molecule has 0 spiro atoms. The van der Waals surface area contributed by atoms with Crippen LogP contribution in [0.3, 0.4) is 0 Å². The van der Waals surface area contributed by atoms with Crippen molar-refractivity contribution in [2.75, 3.05) is 27.2 Å². The second kappa shape index (κ2) is 6.10. The third kappa shape index (κ3) is 3.31. The number of likely N-dealkylation sites (N-methyl/N-ethyl adjacent to an activating group) is 1. The number of hydrogen-bond acceptors (Lipinski definition) is 4. The van der Waals surface area contributed by atoms with E-state index < -0.39 is 10.0 Å². The van der Waals surface area contributed by atoms with Gasteiger partial charge in [-0.3, -0.25) is 0 Å². The van der Waals surface area contributed by atoms with Gasteiger partial charge in [-0.2, -0.15) is 4.31 Å². The first kappa shape index (κ1) is 15.3. The molecule has 1 aliphatic heterocycles. The van der Waals surface area contributed by atoms with Crippen LogP contribution < -0.4 is 0 Å². The fourth-order valence-electron chi connectivity index (χ4n) is 2.40. The molecule has 1 aromatic rings. The number of sulfonamides is 1. The highest BCUT2D eigenvalue weighted by Crippen LogP contribution is 2.30. The van der Waals surface area contributed by atoms with Gasteiger partial charge in [0.2, 0.25) is 0 Å². The molecule has 0 amide bonds. The Morgan fingerprint density at radius 1 is 1.53 bits per heavy atom. The molecule has 1 aromatic heterocycles. The zero-order chi connectivity index (χ0) is 14.0. The van der Waals surface area contributed by atoms with Crippen molar-refractivity contribution in [1.82, 2.24) is 9.21 Å². The van der Waals surface area contributed by atoms with Crippen LogP contribution in [0.1, 0.15) is 18.4 Å². The van der Waals surface area contributed by atoms with Crippen LogP contribution in [0.2, 0.25) is 0 Å². The first-order valence-electron chi connectivity index (χ1n) is 6.25. The van der Waals surface area contributed by atoms with Crippen molar-refractivity contribution in [1.29, 1.82) is 0 Å². The van der Waals surface area contributed by atoms with Gasteiger partial charge in [-0.05, 0) is 43.9 Å². The van der Waals surface area contributed by atoms with Gasteiger partial charge in [0.1, 0.15) is 4.21 Å². The lowest BCUT2D eigenvalue weighted by molar-refractivity contribution is 0.291. The van der Waals surface area contributed by atoms with E-state index in [0.29, 0.717) is 16.6 Å². The van der Waals surface area contributed by atoms with Crippen molar-refractivity contribution < 1.29 is 8.42 Å². The molecule has 7 heteroatoms. The van der Waals surface area contributed by atoms with Gasteiger partial charge in [0.05, 0.1) is 0 Å². The van der Waals surface area contributed by atoms with E-state index in [1.165, 1.54) is 11.3 Å². The quantitative estimate of drug-likeness (QED) is 0.780. The molecule has 0 radical (unpaired) electrons. The van der Waals surface area contributed by atoms with Gasteiger partial charge in [-0.25, -0.2) is 8.42 Å². The zero-order valence-electron chi connectivity index (χ0n) is 11.2. The molecule has 0 aromatic carbocycles. The van der Waals surface area contributed by atoms with Crippen molar-refractivity contribution in [2.24, 2.45) is 0 Å². The van der Waals surface area contributed by atoms with Crippen LogP contribution >= 0.6 is 22.9 Å². The fourth-order valence-corrected chi connectivity index (χ4v) is 5.67. The highest BCUT2D eigenvalue weighted by molar-refractivity contribution is 7.91. The number of nitrogens with zero attached hydrogens (tertiary/aromatic N) is 2. The van der Waals surface area contributed by atoms with E-state index in [-0.39, 0.29) is 6.04 Å². The van der Waals surface area contributed by atoms with E-state index in [0.717, 1.165) is 24.9 Å². The van der Waals surface area contributed by atoms with Crippen LogP contribution in [-0.4, -0.2) is 50.8 Å². The van der Waals surface area contributed by atoms with Crippen LogP contribution in [0.15, 0.2) is 15.7 Å². The summed E-state index contributed by atoms with van der Waals surface area (Å²) in [6, 6.07) is 1.78. The summed E-state index contributed by atoms with van der Waals surface area (Å²) in [4.78, 5) is 2.04. The van der Waals surface area contributed by atoms with Gasteiger partial charge in [0.25, 0.3) is 10.0 Å². The number of thiophene rings is 1. The van der Waals surface area contributed by atoms with E-state index >= 15 is 0 Å². The molecular weight excluding hydrogens is 304 g/mol. The van der Waals surface area contributed by atoms with Crippen LogP contribution in [0.5, 0.6) is 0 Å². The average Bonchev–Trinajstić information content (AvgIpc) is 2.95. The lowest BCUT2D eigenvalue weighted by Crippen LogP contribution is -2.40. The highest BCUT2D eigenvalue weighted by Gasteiger charge is 2.36. The summed E-state index contributed by atoms with van der Waals surface area (Å²) >= 11 is 7.00. The topological polar surface area (TPSA) is 40.6 Å². The van der Waals surface area contributed by atoms with Crippen molar-refractivity contribution >= 4 is 33.0 Å². The Kier molecular flexibility index (Phi) is 4.89. The van der Waals surface area contributed by atoms with E-state index in [1.807, 2.05) is 24.4 Å². The maximum absolute atomic E-state index is 12.6. The maximum atomic E-state index is 12.6. The lowest BCUT2D eigenvalue weighted by Gasteiger charge is -2.25. The third-order valence-corrected chi connectivity index (χ3v) is 6.97. The predicted octanol–water partition coefficient (Wildman–Crippen LogP) is 2.20. The largest absolute Gasteiger partial charge is 0.308 e. The monoisotopic (exact) mass is 322 g/mol. The molecule has 1 saturated heterocycles. The Bertz CT molecular complexity index is 528. The van der Waals surface area contributed by atoms with Crippen LogP contribution in [0.25, 0.3) is 0 Å². The summed E-state index contributed by atoms with van der Waals surface area (Å²) in [5, 5.41) is 1.82. The Morgan fingerprint density at radius 2 is 2.26 bits per heavy atom. The van der Waals surface area contributed by atoms with Crippen LogP contribution in [0, 0.1) is 0 Å². The Hall–Kier alpha value is -0.140. The fraction of sp³-hybridized carbons (Fsp3) is 0.667. The minimum Gasteiger partial charge on any atom is -0.308 e. The lowest BCUT2D eigenvalue weighted by atomic mass is 10.2. The Labute approximate surface area is 124 Å². The minimum absolute atomic E-state index is 0.0848. The van der Waals surface area contributed by atoms with E-state index in [2.05, 4.69) is 0 Å². The molecule has 1 fully saturated rings. The molecule has 0 saturated carbocycles. The van der Waals surface area contributed by atoms with Crippen molar-refractivity contribution in [2.45, 2.75) is 29.0 Å². The van der Waals surface area contributed by atoms with Crippen molar-refractivity contribution in [3.8, 4) is 0 Å². The summed E-state index contributed by atoms with van der Waals surface area (Å²) in [5.41, 5.74) is 0.869. The van der Waals surface area contributed by atoms with E-state index in [4.69, 9.17) is 11.6 Å². The SMILES string of the molecule is CN(C)CC1CCCN1S(=O)(=O)c1cc(CCl)cs1. The zero-order valence-corrected chi connectivity index (χ0v) is 13.6. The molecule has 1 aliphatic rings. The average molecular weight is 323 g/mol. The summed E-state index contributed by atoms with van der Waals surface area (Å²) < 4.78 is 27.3. The molecule has 1 unspecified atom stereocenters. The summed E-state index contributed by atoms with van der Waals surface area (Å²) in [7, 11) is 0.588. The molecule has 4 nitrogen and oxygen atoms in total. The standard InChI is InChI=1S/C12H19ClN2O2S2/c1-14(2)8-11-4-3-5-15(11)19(16,17)12-6-10(7-13)9-18-12/h6,9,11H,3-5,7-8H2,1-2H3. The van der Waals surface area contributed by atoms with Crippen LogP contribution in [-0.2, 0) is 15.9 Å². The summed E-state index contributed by atoms with van der Waals surface area (Å²) in [6.45, 7) is 1.39. The van der Waals surface area contributed by atoms with Crippen LogP contribution in [0.4, 0.5) is 0 Å². The molecule has 1 atom stereocenters. The molecule has 0 aliphatic carbocycles. The van der Waals surface area contributed by atoms with Gasteiger partial charge in [0.15, 0.2) is 0 Å². The third-order valence-electron chi connectivity index (χ3n) is 3.25. The predicted molar refractivity (Wildman–Crippen MR) is 79.3 cm³/mol. The first-order valence-corrected chi connectivity index (χ1v) is 9.10. The van der Waals surface area contributed by atoms with Gasteiger partial charge in [-0.1, -0.05) is 0 Å². The molecule has 2 heterocycles. The van der Waals surface area contributed by atoms with Gasteiger partial charge >= 0.3 is 0 Å². The van der Waals surface area contributed by atoms with E-state index in [1.54, 1.807) is 10.4 Å². The highest BCUT2D eigenvalue weighted by atomic mass is 35.5. The molecule has 19 heavy (non-hydrogen) atoms. The Morgan fingerprint density at radius 3 is 2.84 bits per heavy atom. The molecule has 0 N–H and O–H groups in total. The molecule has 2 rings (SSSR count). The van der Waals surface area contributed by atoms with Gasteiger partial charge in [0, 0.05) is 25.0 Å². The van der Waals surface area contributed by atoms with E-state index in [9.17, 15) is 8.42 Å². The van der Waals surface area contributed by atoms with Crippen molar-refractivity contribution in [3.63, 3.8) is 0 Å². The second-order valence-corrected chi connectivity index (χ2v) is 8.38. The number of hydrogen-bond donors (Lipinski definition) is 0. The maximum Gasteiger partial charge on any atom is 0.252 e. The molecule has 108 valence electrons. The first-order chi connectivity index (χ1) is 8.95. The van der Waals surface area contributed by atoms with Crippen molar-refractivity contribution in [3.05, 3.63) is 17.0 Å². The summed E-state index contributed by atoms with van der Waals surface area (Å²) in [5.74, 6) is 0.354. The number of halogens is 1. The molecular formula is C12H19ClN2O2S2. The molecule has 0 bridgehead atoms. The normalized spacial score (nSPS) is 21.4. The van der Waals surface area contributed by atoms with Gasteiger partial charge in [-0.15, -0.1) is 22.9 Å². The number of rotatable bonds is 5.